The number of hydrogen-bond acceptors (Lipinski definition) is 3. The van der Waals surface area contributed by atoms with E-state index in [1.807, 2.05) is 36.4 Å². The Morgan fingerprint density at radius 1 is 1.05 bits per heavy atom. The van der Waals surface area contributed by atoms with Crippen LogP contribution in [0.3, 0.4) is 0 Å². The number of para-hydroxylation sites is 1. The van der Waals surface area contributed by atoms with E-state index in [1.54, 1.807) is 0 Å². The number of fused-ring (bicyclic) bond motifs is 2. The normalized spacial score (nSPS) is 12.7. The summed E-state index contributed by atoms with van der Waals surface area (Å²) in [6, 6.07) is 14.2. The van der Waals surface area contributed by atoms with Crippen LogP contribution in [0.2, 0.25) is 0 Å². The lowest BCUT2D eigenvalue weighted by Gasteiger charge is -2.03. The van der Waals surface area contributed by atoms with Gasteiger partial charge in [0.1, 0.15) is 11.3 Å². The summed E-state index contributed by atoms with van der Waals surface area (Å²) < 4.78 is 16.9. The summed E-state index contributed by atoms with van der Waals surface area (Å²) in [5.41, 5.74) is 3.28. The lowest BCUT2D eigenvalue weighted by Crippen LogP contribution is -1.93. The predicted molar refractivity (Wildman–Crippen MR) is 85.5 cm³/mol. The average molecular weight is 292 g/mol. The van der Waals surface area contributed by atoms with E-state index in [-0.39, 0.29) is 0 Å². The Morgan fingerprint density at radius 2 is 1.91 bits per heavy atom. The molecule has 3 nitrogen and oxygen atoms in total. The highest BCUT2D eigenvalue weighted by atomic mass is 16.7. The largest absolute Gasteiger partial charge is 0.460 e. The molecule has 1 aromatic heterocycles. The van der Waals surface area contributed by atoms with Gasteiger partial charge in [0.05, 0.1) is 0 Å². The molecule has 0 unspecified atom stereocenters. The first-order valence-electron chi connectivity index (χ1n) is 7.34. The van der Waals surface area contributed by atoms with Crippen LogP contribution in [0.1, 0.15) is 16.9 Å². The van der Waals surface area contributed by atoms with Crippen molar-refractivity contribution in [1.82, 2.24) is 0 Å². The van der Waals surface area contributed by atoms with Crippen molar-refractivity contribution in [1.29, 1.82) is 0 Å². The van der Waals surface area contributed by atoms with Crippen LogP contribution in [0, 0.1) is 0 Å². The smallest absolute Gasteiger partial charge is 0.231 e. The molecule has 0 fully saturated rings. The van der Waals surface area contributed by atoms with Crippen LogP contribution in [0.25, 0.3) is 11.0 Å². The zero-order valence-electron chi connectivity index (χ0n) is 12.2. The van der Waals surface area contributed by atoms with Crippen molar-refractivity contribution in [2.24, 2.45) is 0 Å². The van der Waals surface area contributed by atoms with E-state index in [2.05, 4.69) is 18.7 Å². The molecule has 110 valence electrons. The molecule has 0 atom stereocenters. The molecule has 3 heteroatoms. The van der Waals surface area contributed by atoms with Gasteiger partial charge in [-0.15, -0.1) is 6.58 Å². The summed E-state index contributed by atoms with van der Waals surface area (Å²) in [5.74, 6) is 2.60. The van der Waals surface area contributed by atoms with Crippen LogP contribution in [0.5, 0.6) is 11.5 Å². The Labute approximate surface area is 128 Å². The van der Waals surface area contributed by atoms with Crippen molar-refractivity contribution in [3.8, 4) is 11.5 Å². The molecule has 2 heterocycles. The molecule has 4 rings (SSSR count). The van der Waals surface area contributed by atoms with Gasteiger partial charge in [-0.25, -0.2) is 0 Å². The zero-order chi connectivity index (χ0) is 14.9. The van der Waals surface area contributed by atoms with Crippen LogP contribution < -0.4 is 9.47 Å². The van der Waals surface area contributed by atoms with Gasteiger partial charge in [0.15, 0.2) is 11.5 Å². The van der Waals surface area contributed by atoms with Crippen molar-refractivity contribution in [3.63, 3.8) is 0 Å². The monoisotopic (exact) mass is 292 g/mol. The third kappa shape index (κ3) is 2.15. The minimum absolute atomic E-state index is 0.297. The summed E-state index contributed by atoms with van der Waals surface area (Å²) in [6.45, 7) is 4.16. The Bertz CT molecular complexity index is 845. The molecule has 0 amide bonds. The van der Waals surface area contributed by atoms with Crippen molar-refractivity contribution in [2.75, 3.05) is 6.79 Å². The number of furan rings is 1. The van der Waals surface area contributed by atoms with Gasteiger partial charge in [-0.3, -0.25) is 0 Å². The van der Waals surface area contributed by atoms with Crippen LogP contribution in [-0.4, -0.2) is 6.79 Å². The van der Waals surface area contributed by atoms with Gasteiger partial charge in [0.2, 0.25) is 6.79 Å². The first kappa shape index (κ1) is 13.0. The van der Waals surface area contributed by atoms with Gasteiger partial charge < -0.3 is 13.9 Å². The predicted octanol–water partition coefficient (Wildman–Crippen LogP) is 4.48. The minimum atomic E-state index is 0.297. The second-order valence-electron chi connectivity index (χ2n) is 5.36. The van der Waals surface area contributed by atoms with E-state index in [1.165, 1.54) is 5.56 Å². The number of hydrogen-bond donors (Lipinski definition) is 0. The maximum atomic E-state index is 6.06. The van der Waals surface area contributed by atoms with E-state index in [4.69, 9.17) is 13.9 Å². The van der Waals surface area contributed by atoms with E-state index in [0.717, 1.165) is 46.6 Å². The van der Waals surface area contributed by atoms with Crippen LogP contribution in [0.15, 0.2) is 59.5 Å². The molecule has 3 aromatic rings. The fourth-order valence-corrected chi connectivity index (χ4v) is 2.90. The molecule has 0 saturated carbocycles. The van der Waals surface area contributed by atoms with Crippen LogP contribution >= 0.6 is 0 Å². The quantitative estimate of drug-likeness (QED) is 0.664. The molecular formula is C19H16O3. The van der Waals surface area contributed by atoms with Crippen molar-refractivity contribution in [3.05, 3.63) is 72.0 Å². The van der Waals surface area contributed by atoms with Crippen molar-refractivity contribution >= 4 is 11.0 Å². The lowest BCUT2D eigenvalue weighted by molar-refractivity contribution is 0.174. The summed E-state index contributed by atoms with van der Waals surface area (Å²) in [4.78, 5) is 0. The van der Waals surface area contributed by atoms with E-state index in [0.29, 0.717) is 6.79 Å². The number of allylic oxidation sites excluding steroid dienone is 1. The molecule has 2 aromatic carbocycles. The van der Waals surface area contributed by atoms with Crippen LogP contribution in [-0.2, 0) is 12.8 Å². The fraction of sp³-hybridized carbons (Fsp3) is 0.158. The SMILES string of the molecule is C=CCc1c(Cc2ccc3c(c2)OCO3)oc2ccccc12. The second-order valence-corrected chi connectivity index (χ2v) is 5.36. The molecule has 0 radical (unpaired) electrons. The van der Waals surface area contributed by atoms with E-state index >= 15 is 0 Å². The van der Waals surface area contributed by atoms with Crippen molar-refractivity contribution < 1.29 is 13.9 Å². The maximum Gasteiger partial charge on any atom is 0.231 e. The van der Waals surface area contributed by atoms with Gasteiger partial charge in [0, 0.05) is 17.4 Å². The summed E-state index contributed by atoms with van der Waals surface area (Å²) >= 11 is 0. The summed E-state index contributed by atoms with van der Waals surface area (Å²) in [6.07, 6.45) is 3.45. The highest BCUT2D eigenvalue weighted by Crippen LogP contribution is 2.34. The molecule has 1 aliphatic rings. The Kier molecular flexibility index (Phi) is 3.11. The van der Waals surface area contributed by atoms with E-state index < -0.39 is 0 Å². The molecule has 0 spiro atoms. The Hall–Kier alpha value is -2.68. The first-order valence-corrected chi connectivity index (χ1v) is 7.34. The molecule has 0 N–H and O–H groups in total. The number of benzene rings is 2. The maximum absolute atomic E-state index is 6.06. The summed E-state index contributed by atoms with van der Waals surface area (Å²) in [5, 5.41) is 1.16. The average Bonchev–Trinajstić information content (AvgIpc) is 3.13. The third-order valence-corrected chi connectivity index (χ3v) is 3.93. The van der Waals surface area contributed by atoms with Crippen LogP contribution in [0.4, 0.5) is 0 Å². The third-order valence-electron chi connectivity index (χ3n) is 3.93. The van der Waals surface area contributed by atoms with Gasteiger partial charge >= 0.3 is 0 Å². The topological polar surface area (TPSA) is 31.6 Å². The number of rotatable bonds is 4. The van der Waals surface area contributed by atoms with Gasteiger partial charge in [-0.1, -0.05) is 30.3 Å². The standard InChI is InChI=1S/C19H16O3/c1-2-5-14-15-6-3-4-7-16(15)22-18(14)10-13-8-9-17-19(11-13)21-12-20-17/h2-4,6-9,11H,1,5,10,12H2. The highest BCUT2D eigenvalue weighted by molar-refractivity contribution is 5.82. The first-order chi connectivity index (χ1) is 10.8. The number of ether oxygens (including phenoxy) is 2. The molecule has 22 heavy (non-hydrogen) atoms. The molecule has 0 aliphatic carbocycles. The minimum Gasteiger partial charge on any atom is -0.460 e. The molecule has 0 saturated heterocycles. The molecule has 1 aliphatic heterocycles. The van der Waals surface area contributed by atoms with E-state index in [9.17, 15) is 0 Å². The molecular weight excluding hydrogens is 276 g/mol. The van der Waals surface area contributed by atoms with Gasteiger partial charge in [0.25, 0.3) is 0 Å². The zero-order valence-corrected chi connectivity index (χ0v) is 12.2. The highest BCUT2D eigenvalue weighted by Gasteiger charge is 2.16. The fourth-order valence-electron chi connectivity index (χ4n) is 2.90. The van der Waals surface area contributed by atoms with Gasteiger partial charge in [-0.05, 0) is 30.2 Å². The van der Waals surface area contributed by atoms with Gasteiger partial charge in [-0.2, -0.15) is 0 Å². The lowest BCUT2D eigenvalue weighted by atomic mass is 10.0. The summed E-state index contributed by atoms with van der Waals surface area (Å²) in [7, 11) is 0. The second kappa shape index (κ2) is 5.26. The molecule has 0 bridgehead atoms. The Morgan fingerprint density at radius 3 is 2.82 bits per heavy atom. The Balaban J connectivity index is 1.74. The van der Waals surface area contributed by atoms with Crippen molar-refractivity contribution in [2.45, 2.75) is 12.8 Å².